The van der Waals surface area contributed by atoms with E-state index in [-0.39, 0.29) is 5.41 Å². The quantitative estimate of drug-likeness (QED) is 0.656. The Morgan fingerprint density at radius 3 is 2.23 bits per heavy atom. The van der Waals surface area contributed by atoms with Crippen LogP contribution in [-0.2, 0) is 23.2 Å². The molecule has 118 valence electrons. The molecule has 22 heavy (non-hydrogen) atoms. The molecule has 0 bridgehead atoms. The molecule has 0 N–H and O–H groups in total. The van der Waals surface area contributed by atoms with Crippen molar-refractivity contribution in [3.63, 3.8) is 0 Å². The van der Waals surface area contributed by atoms with Crippen LogP contribution in [0.3, 0.4) is 0 Å². The Balaban J connectivity index is 2.25. The maximum absolute atomic E-state index is 6.34. The van der Waals surface area contributed by atoms with Gasteiger partial charge in [0.1, 0.15) is 0 Å². The molecule has 0 aliphatic heterocycles. The summed E-state index contributed by atoms with van der Waals surface area (Å²) in [5.74, 6) is 1.48. The SMILES string of the molecule is [CH2]=[Ti]([O]c1cccc(C(C)(C)C)c1)[C]1=C(C)C(C)=C(C)C1C. The third-order valence-corrected chi connectivity index (χ3v) is 7.83. The van der Waals surface area contributed by atoms with Crippen LogP contribution in [0.25, 0.3) is 0 Å². The van der Waals surface area contributed by atoms with E-state index >= 15 is 0 Å². The van der Waals surface area contributed by atoms with Crippen molar-refractivity contribution in [1.82, 2.24) is 0 Å². The first-order valence-electron chi connectivity index (χ1n) is 7.99. The zero-order valence-corrected chi connectivity index (χ0v) is 16.6. The first-order chi connectivity index (χ1) is 10.1. The molecule has 1 aliphatic carbocycles. The summed E-state index contributed by atoms with van der Waals surface area (Å²) in [4.78, 5) is 4.44. The van der Waals surface area contributed by atoms with Crippen molar-refractivity contribution in [2.75, 3.05) is 0 Å². The van der Waals surface area contributed by atoms with E-state index in [1.807, 2.05) is 0 Å². The molecule has 1 aliphatic rings. The summed E-state index contributed by atoms with van der Waals surface area (Å²) in [5.41, 5.74) is 5.79. The Bertz CT molecular complexity index is 671. The van der Waals surface area contributed by atoms with Gasteiger partial charge >= 0.3 is 142 Å². The van der Waals surface area contributed by atoms with Crippen molar-refractivity contribution < 1.29 is 21.1 Å². The molecule has 2 rings (SSSR count). The van der Waals surface area contributed by atoms with E-state index < -0.39 is 17.8 Å². The topological polar surface area (TPSA) is 9.23 Å². The van der Waals surface area contributed by atoms with E-state index in [1.54, 1.807) is 0 Å². The van der Waals surface area contributed by atoms with Crippen LogP contribution in [-0.4, -0.2) is 4.82 Å². The van der Waals surface area contributed by atoms with Gasteiger partial charge in [-0.25, -0.2) is 0 Å². The van der Waals surface area contributed by atoms with Crippen LogP contribution in [0, 0.1) is 5.92 Å². The first kappa shape index (κ1) is 17.4. The van der Waals surface area contributed by atoms with Crippen molar-refractivity contribution in [1.29, 1.82) is 0 Å². The van der Waals surface area contributed by atoms with Crippen molar-refractivity contribution in [3.8, 4) is 5.75 Å². The van der Waals surface area contributed by atoms with Crippen LogP contribution >= 0.6 is 0 Å². The fraction of sp³-hybridized carbons (Fsp3) is 0.450. The normalized spacial score (nSPS) is 19.0. The van der Waals surface area contributed by atoms with Gasteiger partial charge in [0.05, 0.1) is 0 Å². The zero-order valence-electron chi connectivity index (χ0n) is 15.0. The molecule has 0 amide bonds. The first-order valence-corrected chi connectivity index (χ1v) is 10.5. The fourth-order valence-electron chi connectivity index (χ4n) is 3.04. The number of rotatable bonds is 3. The Kier molecular flexibility index (Phi) is 4.99. The zero-order chi connectivity index (χ0) is 16.7. The molecule has 2 heteroatoms. The number of benzene rings is 1. The van der Waals surface area contributed by atoms with Gasteiger partial charge in [-0.1, -0.05) is 0 Å². The molecule has 0 radical (unpaired) electrons. The molecular formula is C20H28OTi. The van der Waals surface area contributed by atoms with Gasteiger partial charge in [-0.3, -0.25) is 0 Å². The molecule has 1 nitrogen and oxygen atoms in total. The third kappa shape index (κ3) is 3.36. The second kappa shape index (κ2) is 6.30. The average Bonchev–Trinajstić information content (AvgIpc) is 2.62. The number of hydrogen-bond donors (Lipinski definition) is 0. The van der Waals surface area contributed by atoms with Gasteiger partial charge in [-0.2, -0.15) is 0 Å². The second-order valence-electron chi connectivity index (χ2n) is 7.37. The van der Waals surface area contributed by atoms with E-state index in [9.17, 15) is 0 Å². The van der Waals surface area contributed by atoms with Crippen LogP contribution in [0.4, 0.5) is 0 Å². The minimum atomic E-state index is -1.96. The summed E-state index contributed by atoms with van der Waals surface area (Å²) in [6.45, 7) is 15.7. The maximum atomic E-state index is 6.34. The summed E-state index contributed by atoms with van der Waals surface area (Å²) >= 11 is -1.96. The Labute approximate surface area is 141 Å². The van der Waals surface area contributed by atoms with E-state index in [1.165, 1.54) is 26.2 Å². The van der Waals surface area contributed by atoms with Crippen LogP contribution < -0.4 is 3.32 Å². The summed E-state index contributed by atoms with van der Waals surface area (Å²) < 4.78 is 7.83. The molecule has 0 spiro atoms. The molecule has 1 aromatic carbocycles. The molecule has 0 heterocycles. The van der Waals surface area contributed by atoms with Crippen molar-refractivity contribution in [3.05, 3.63) is 50.4 Å². The average molecular weight is 332 g/mol. The molecule has 1 aromatic rings. The predicted molar refractivity (Wildman–Crippen MR) is 93.1 cm³/mol. The van der Waals surface area contributed by atoms with Gasteiger partial charge in [-0.05, 0) is 0 Å². The van der Waals surface area contributed by atoms with Crippen molar-refractivity contribution in [2.24, 2.45) is 5.92 Å². The monoisotopic (exact) mass is 332 g/mol. The summed E-state index contributed by atoms with van der Waals surface area (Å²) in [6.07, 6.45) is 0. The van der Waals surface area contributed by atoms with E-state index in [2.05, 4.69) is 77.5 Å². The third-order valence-electron chi connectivity index (χ3n) is 4.88. The summed E-state index contributed by atoms with van der Waals surface area (Å²) in [6, 6.07) is 8.51. The molecular weight excluding hydrogens is 304 g/mol. The van der Waals surface area contributed by atoms with Gasteiger partial charge in [0.15, 0.2) is 0 Å². The molecule has 1 atom stereocenters. The molecule has 0 saturated carbocycles. The predicted octanol–water partition coefficient (Wildman–Crippen LogP) is 5.59. The Hall–Kier alpha value is -0.916. The number of hydrogen-bond acceptors (Lipinski definition) is 1. The van der Waals surface area contributed by atoms with Crippen LogP contribution in [0.1, 0.15) is 54.0 Å². The van der Waals surface area contributed by atoms with Gasteiger partial charge in [0.2, 0.25) is 0 Å². The summed E-state index contributed by atoms with van der Waals surface area (Å²) in [7, 11) is 0. The van der Waals surface area contributed by atoms with Crippen LogP contribution in [0.2, 0.25) is 0 Å². The fourth-order valence-corrected chi connectivity index (χ4v) is 5.89. The van der Waals surface area contributed by atoms with Crippen molar-refractivity contribution in [2.45, 2.75) is 53.9 Å². The second-order valence-corrected chi connectivity index (χ2v) is 9.85. The molecule has 0 saturated heterocycles. The van der Waals surface area contributed by atoms with Crippen LogP contribution in [0.15, 0.2) is 44.9 Å². The van der Waals surface area contributed by atoms with Crippen LogP contribution in [0.5, 0.6) is 5.75 Å². The number of allylic oxidation sites excluding steroid dienone is 4. The molecule has 0 fully saturated rings. The molecule has 1 unspecified atom stereocenters. The van der Waals surface area contributed by atoms with Crippen molar-refractivity contribution >= 4 is 4.82 Å². The van der Waals surface area contributed by atoms with Gasteiger partial charge < -0.3 is 0 Å². The van der Waals surface area contributed by atoms with E-state index in [4.69, 9.17) is 3.32 Å². The van der Waals surface area contributed by atoms with Gasteiger partial charge in [-0.15, -0.1) is 0 Å². The standard InChI is InChI=1S/C10H14O.C9H13.CH2.Ti/c1-10(2,3)8-5-4-6-9(11)7-8;1-6-5-7(2)9(4)8(6)3;;/h4-7,11H,1-3H3;6H,1-4H3;1H2;/q;;;+1/p-1. The Morgan fingerprint density at radius 1 is 1.09 bits per heavy atom. The van der Waals surface area contributed by atoms with E-state index in [0.29, 0.717) is 5.92 Å². The summed E-state index contributed by atoms with van der Waals surface area (Å²) in [5, 5.41) is 0. The molecule has 0 aromatic heterocycles. The minimum absolute atomic E-state index is 0.144. The Morgan fingerprint density at radius 2 is 1.73 bits per heavy atom. The van der Waals surface area contributed by atoms with E-state index in [0.717, 1.165) is 5.75 Å². The van der Waals surface area contributed by atoms with Gasteiger partial charge in [0, 0.05) is 0 Å². The van der Waals surface area contributed by atoms with Gasteiger partial charge in [0.25, 0.3) is 0 Å².